The maximum atomic E-state index is 13.5. The molecule has 1 fully saturated rings. The number of hydrogen-bond acceptors (Lipinski definition) is 3. The maximum Gasteiger partial charge on any atom is 0.269 e. The SMILES string of the molecule is CC1(C)CCCN1C(=O)Cn1c(=O)cnc2cc(F)c(F)cc21. The highest BCUT2D eigenvalue weighted by Gasteiger charge is 2.35. The first kappa shape index (κ1) is 15.6. The molecule has 0 bridgehead atoms. The molecule has 1 aromatic carbocycles. The minimum atomic E-state index is -1.08. The first-order valence-corrected chi connectivity index (χ1v) is 7.45. The van der Waals surface area contributed by atoms with Crippen molar-refractivity contribution in [1.82, 2.24) is 14.5 Å². The van der Waals surface area contributed by atoms with Gasteiger partial charge in [0, 0.05) is 24.2 Å². The van der Waals surface area contributed by atoms with E-state index < -0.39 is 17.2 Å². The van der Waals surface area contributed by atoms with Gasteiger partial charge in [-0.25, -0.2) is 13.8 Å². The van der Waals surface area contributed by atoms with E-state index in [4.69, 9.17) is 0 Å². The number of fused-ring (bicyclic) bond motifs is 1. The quantitative estimate of drug-likeness (QED) is 0.851. The molecule has 122 valence electrons. The van der Waals surface area contributed by atoms with Gasteiger partial charge in [-0.05, 0) is 26.7 Å². The average Bonchev–Trinajstić information content (AvgIpc) is 2.83. The molecule has 5 nitrogen and oxygen atoms in total. The first-order valence-electron chi connectivity index (χ1n) is 7.45. The van der Waals surface area contributed by atoms with Crippen molar-refractivity contribution >= 4 is 16.9 Å². The molecule has 0 spiro atoms. The lowest BCUT2D eigenvalue weighted by Gasteiger charge is -2.32. The second-order valence-corrected chi connectivity index (χ2v) is 6.40. The van der Waals surface area contributed by atoms with E-state index in [0.29, 0.717) is 6.54 Å². The summed E-state index contributed by atoms with van der Waals surface area (Å²) in [6.07, 6.45) is 2.82. The zero-order valence-corrected chi connectivity index (χ0v) is 13.0. The summed E-state index contributed by atoms with van der Waals surface area (Å²) in [6, 6.07) is 1.83. The summed E-state index contributed by atoms with van der Waals surface area (Å²) >= 11 is 0. The molecule has 0 unspecified atom stereocenters. The van der Waals surface area contributed by atoms with Crippen LogP contribution < -0.4 is 5.56 Å². The zero-order valence-electron chi connectivity index (χ0n) is 13.0. The second kappa shape index (κ2) is 5.40. The van der Waals surface area contributed by atoms with Crippen LogP contribution in [0.4, 0.5) is 8.78 Å². The van der Waals surface area contributed by atoms with Gasteiger partial charge in [0.25, 0.3) is 5.56 Å². The highest BCUT2D eigenvalue weighted by Crippen LogP contribution is 2.28. The first-order chi connectivity index (χ1) is 10.8. The minimum absolute atomic E-state index is 0.113. The molecule has 1 aromatic heterocycles. The third-order valence-electron chi connectivity index (χ3n) is 4.38. The summed E-state index contributed by atoms with van der Waals surface area (Å²) in [6.45, 7) is 4.36. The molecule has 2 heterocycles. The third-order valence-corrected chi connectivity index (χ3v) is 4.38. The molecule has 1 amide bonds. The van der Waals surface area contributed by atoms with Crippen molar-refractivity contribution in [2.75, 3.05) is 6.54 Å². The third kappa shape index (κ3) is 2.71. The van der Waals surface area contributed by atoms with Crippen LogP contribution in [0.5, 0.6) is 0 Å². The summed E-state index contributed by atoms with van der Waals surface area (Å²) in [5, 5.41) is 0. The fourth-order valence-electron chi connectivity index (χ4n) is 3.11. The molecule has 0 N–H and O–H groups in total. The highest BCUT2D eigenvalue weighted by atomic mass is 19.2. The van der Waals surface area contributed by atoms with Crippen LogP contribution in [0.1, 0.15) is 26.7 Å². The largest absolute Gasteiger partial charge is 0.336 e. The van der Waals surface area contributed by atoms with Crippen LogP contribution >= 0.6 is 0 Å². The fraction of sp³-hybridized carbons (Fsp3) is 0.438. The van der Waals surface area contributed by atoms with Gasteiger partial charge in [-0.1, -0.05) is 0 Å². The predicted octanol–water partition coefficient (Wildman–Crippen LogP) is 2.08. The summed E-state index contributed by atoms with van der Waals surface area (Å²) in [4.78, 5) is 30.2. The van der Waals surface area contributed by atoms with Crippen LogP contribution in [-0.2, 0) is 11.3 Å². The number of benzene rings is 1. The molecule has 7 heteroatoms. The molecule has 0 radical (unpaired) electrons. The molecule has 0 saturated carbocycles. The van der Waals surface area contributed by atoms with Gasteiger partial charge in [0.2, 0.25) is 5.91 Å². The minimum Gasteiger partial charge on any atom is -0.336 e. The van der Waals surface area contributed by atoms with Gasteiger partial charge in [-0.2, -0.15) is 0 Å². The van der Waals surface area contributed by atoms with Gasteiger partial charge >= 0.3 is 0 Å². The molecule has 1 saturated heterocycles. The summed E-state index contributed by atoms with van der Waals surface area (Å²) in [5.41, 5.74) is -0.534. The Morgan fingerprint density at radius 1 is 1.30 bits per heavy atom. The van der Waals surface area contributed by atoms with Crippen LogP contribution in [-0.4, -0.2) is 32.4 Å². The van der Waals surface area contributed by atoms with E-state index in [0.717, 1.165) is 35.7 Å². The van der Waals surface area contributed by atoms with Gasteiger partial charge in [-0.15, -0.1) is 0 Å². The van der Waals surface area contributed by atoms with Crippen LogP contribution in [0.25, 0.3) is 11.0 Å². The van der Waals surface area contributed by atoms with E-state index in [9.17, 15) is 18.4 Å². The van der Waals surface area contributed by atoms with E-state index in [-0.39, 0.29) is 29.0 Å². The topological polar surface area (TPSA) is 55.2 Å². The number of carbonyl (C=O) groups excluding carboxylic acids is 1. The van der Waals surface area contributed by atoms with Gasteiger partial charge in [0.15, 0.2) is 11.6 Å². The number of halogens is 2. The zero-order chi connectivity index (χ0) is 16.8. The molecular weight excluding hydrogens is 304 g/mol. The monoisotopic (exact) mass is 321 g/mol. The number of nitrogens with zero attached hydrogens (tertiary/aromatic N) is 3. The van der Waals surface area contributed by atoms with Crippen LogP contribution in [0, 0.1) is 11.6 Å². The summed E-state index contributed by atoms with van der Waals surface area (Å²) in [7, 11) is 0. The van der Waals surface area contributed by atoms with E-state index in [2.05, 4.69) is 4.98 Å². The van der Waals surface area contributed by atoms with Crippen molar-refractivity contribution in [3.05, 3.63) is 40.3 Å². The van der Waals surface area contributed by atoms with E-state index in [1.165, 1.54) is 0 Å². The fourth-order valence-corrected chi connectivity index (χ4v) is 3.11. The summed E-state index contributed by atoms with van der Waals surface area (Å²) < 4.78 is 28.0. The van der Waals surface area contributed by atoms with E-state index in [1.54, 1.807) is 4.90 Å². The molecule has 0 atom stereocenters. The van der Waals surface area contributed by atoms with Crippen molar-refractivity contribution in [3.63, 3.8) is 0 Å². The number of likely N-dealkylation sites (tertiary alicyclic amines) is 1. The maximum absolute atomic E-state index is 13.5. The smallest absolute Gasteiger partial charge is 0.269 e. The van der Waals surface area contributed by atoms with Crippen LogP contribution in [0.2, 0.25) is 0 Å². The highest BCUT2D eigenvalue weighted by molar-refractivity contribution is 5.80. The Hall–Kier alpha value is -2.31. The molecule has 1 aliphatic heterocycles. The Labute approximate surface area is 131 Å². The van der Waals surface area contributed by atoms with Gasteiger partial charge in [0.05, 0.1) is 17.2 Å². The van der Waals surface area contributed by atoms with Crippen LogP contribution in [0.15, 0.2) is 23.1 Å². The van der Waals surface area contributed by atoms with E-state index >= 15 is 0 Å². The van der Waals surface area contributed by atoms with Gasteiger partial charge < -0.3 is 4.90 Å². The Balaban J connectivity index is 2.03. The average molecular weight is 321 g/mol. The van der Waals surface area contributed by atoms with Crippen molar-refractivity contribution in [2.24, 2.45) is 0 Å². The number of amides is 1. The molecule has 3 rings (SSSR count). The standard InChI is InChI=1S/C16H17F2N3O2/c1-16(2)4-3-5-21(16)15(23)9-20-13-7-11(18)10(17)6-12(13)19-8-14(20)22/h6-8H,3-5,9H2,1-2H3. The van der Waals surface area contributed by atoms with E-state index in [1.807, 2.05) is 13.8 Å². The Morgan fingerprint density at radius 3 is 2.65 bits per heavy atom. The molecular formula is C16H17F2N3O2. The molecule has 23 heavy (non-hydrogen) atoms. The Bertz CT molecular complexity index is 845. The van der Waals surface area contributed by atoms with Gasteiger partial charge in [0.1, 0.15) is 6.54 Å². The normalized spacial score (nSPS) is 17.0. The van der Waals surface area contributed by atoms with Gasteiger partial charge in [-0.3, -0.25) is 14.2 Å². The van der Waals surface area contributed by atoms with Crippen molar-refractivity contribution in [2.45, 2.75) is 38.8 Å². The number of rotatable bonds is 2. The lowest BCUT2D eigenvalue weighted by Crippen LogP contribution is -2.45. The Morgan fingerprint density at radius 2 is 2.00 bits per heavy atom. The number of carbonyl (C=O) groups is 1. The Kier molecular flexibility index (Phi) is 3.66. The molecule has 0 aliphatic carbocycles. The van der Waals surface area contributed by atoms with Crippen molar-refractivity contribution < 1.29 is 13.6 Å². The summed E-state index contributed by atoms with van der Waals surface area (Å²) in [5.74, 6) is -2.33. The number of hydrogen-bond donors (Lipinski definition) is 0. The lowest BCUT2D eigenvalue weighted by molar-refractivity contribution is -0.134. The second-order valence-electron chi connectivity index (χ2n) is 6.40. The van der Waals surface area contributed by atoms with Crippen molar-refractivity contribution in [3.8, 4) is 0 Å². The molecule has 2 aromatic rings. The molecule has 1 aliphatic rings. The number of aromatic nitrogens is 2. The van der Waals surface area contributed by atoms with Crippen LogP contribution in [0.3, 0.4) is 0 Å². The van der Waals surface area contributed by atoms with Crippen molar-refractivity contribution in [1.29, 1.82) is 0 Å². The predicted molar refractivity (Wildman–Crippen MR) is 80.9 cm³/mol. The lowest BCUT2D eigenvalue weighted by atomic mass is 10.0.